The van der Waals surface area contributed by atoms with E-state index in [-0.39, 0.29) is 17.6 Å². The van der Waals surface area contributed by atoms with E-state index in [1.54, 1.807) is 0 Å². The third-order valence-electron chi connectivity index (χ3n) is 6.45. The summed E-state index contributed by atoms with van der Waals surface area (Å²) < 4.78 is 6.37. The van der Waals surface area contributed by atoms with Gasteiger partial charge in [-0.25, -0.2) is 0 Å². The van der Waals surface area contributed by atoms with E-state index in [2.05, 4.69) is 34.1 Å². The highest BCUT2D eigenvalue weighted by molar-refractivity contribution is 5.85. The van der Waals surface area contributed by atoms with Gasteiger partial charge in [0.05, 0.1) is 18.3 Å². The molecular formula is C20H25N3O2. The number of fused-ring (bicyclic) bond motifs is 4. The van der Waals surface area contributed by atoms with E-state index in [9.17, 15) is 4.79 Å². The molecule has 1 amide bonds. The van der Waals surface area contributed by atoms with E-state index in [1.807, 2.05) is 11.9 Å². The number of para-hydroxylation sites is 1. The van der Waals surface area contributed by atoms with Crippen LogP contribution in [0.3, 0.4) is 0 Å². The van der Waals surface area contributed by atoms with Crippen LogP contribution in [-0.4, -0.2) is 60.0 Å². The van der Waals surface area contributed by atoms with Gasteiger partial charge in [0, 0.05) is 37.6 Å². The van der Waals surface area contributed by atoms with Crippen LogP contribution in [0.25, 0.3) is 10.9 Å². The highest BCUT2D eigenvalue weighted by Crippen LogP contribution is 2.44. The van der Waals surface area contributed by atoms with Crippen LogP contribution in [0.1, 0.15) is 30.5 Å². The van der Waals surface area contributed by atoms with Crippen LogP contribution in [0.2, 0.25) is 0 Å². The lowest BCUT2D eigenvalue weighted by molar-refractivity contribution is -0.135. The Balaban J connectivity index is 1.43. The Hall–Kier alpha value is -1.85. The summed E-state index contributed by atoms with van der Waals surface area (Å²) in [5.41, 5.74) is 3.74. The second kappa shape index (κ2) is 5.58. The summed E-state index contributed by atoms with van der Waals surface area (Å²) in [5.74, 6) is 0.284. The average Bonchev–Trinajstić information content (AvgIpc) is 3.18. The number of aromatic amines is 1. The van der Waals surface area contributed by atoms with E-state index in [4.69, 9.17) is 4.74 Å². The van der Waals surface area contributed by atoms with Gasteiger partial charge in [-0.3, -0.25) is 9.69 Å². The molecule has 5 heteroatoms. The Labute approximate surface area is 147 Å². The summed E-state index contributed by atoms with van der Waals surface area (Å²) in [6, 6.07) is 8.65. The molecule has 1 atom stereocenters. The van der Waals surface area contributed by atoms with Crippen LogP contribution in [0.5, 0.6) is 0 Å². The number of hydrogen-bond acceptors (Lipinski definition) is 3. The molecule has 4 heterocycles. The molecule has 1 aromatic carbocycles. The monoisotopic (exact) mass is 339 g/mol. The number of ether oxygens (including phenoxy) is 1. The molecule has 3 aliphatic rings. The van der Waals surface area contributed by atoms with Crippen molar-refractivity contribution >= 4 is 16.8 Å². The first-order valence-corrected chi connectivity index (χ1v) is 9.41. The smallest absolute Gasteiger partial charge is 0.239 e. The SMILES string of the molecule is CN1CCC(N2CCC3(CC2)OCCc2c3[nH]c3ccccc23)C1=O. The van der Waals surface area contributed by atoms with Crippen molar-refractivity contribution in [2.75, 3.05) is 33.3 Å². The quantitative estimate of drug-likeness (QED) is 0.867. The molecule has 0 bridgehead atoms. The predicted molar refractivity (Wildman–Crippen MR) is 96.5 cm³/mol. The van der Waals surface area contributed by atoms with Crippen molar-refractivity contribution in [2.45, 2.75) is 37.3 Å². The van der Waals surface area contributed by atoms with Crippen molar-refractivity contribution in [2.24, 2.45) is 0 Å². The number of hydrogen-bond donors (Lipinski definition) is 1. The van der Waals surface area contributed by atoms with Crippen LogP contribution in [0.15, 0.2) is 24.3 Å². The fraction of sp³-hybridized carbons (Fsp3) is 0.550. The number of carbonyl (C=O) groups is 1. The maximum absolute atomic E-state index is 12.3. The number of piperidine rings is 1. The predicted octanol–water partition coefficient (Wildman–Crippen LogP) is 2.26. The van der Waals surface area contributed by atoms with Crippen molar-refractivity contribution in [3.8, 4) is 0 Å². The zero-order chi connectivity index (χ0) is 17.0. The molecule has 2 saturated heterocycles. The van der Waals surface area contributed by atoms with Crippen LogP contribution in [0.4, 0.5) is 0 Å². The number of rotatable bonds is 1. The van der Waals surface area contributed by atoms with E-state index in [1.165, 1.54) is 22.2 Å². The Morgan fingerprint density at radius 3 is 2.76 bits per heavy atom. The van der Waals surface area contributed by atoms with E-state index in [0.29, 0.717) is 0 Å². The molecule has 0 radical (unpaired) electrons. The molecule has 0 saturated carbocycles. The topological polar surface area (TPSA) is 48.6 Å². The van der Waals surface area contributed by atoms with Gasteiger partial charge >= 0.3 is 0 Å². The lowest BCUT2D eigenvalue weighted by Gasteiger charge is -2.45. The first-order valence-electron chi connectivity index (χ1n) is 9.41. The second-order valence-corrected chi connectivity index (χ2v) is 7.72. The van der Waals surface area contributed by atoms with Crippen LogP contribution < -0.4 is 0 Å². The van der Waals surface area contributed by atoms with Crippen molar-refractivity contribution in [3.63, 3.8) is 0 Å². The first-order chi connectivity index (χ1) is 12.2. The van der Waals surface area contributed by atoms with Gasteiger partial charge in [-0.2, -0.15) is 0 Å². The number of H-pyrrole nitrogens is 1. The van der Waals surface area contributed by atoms with E-state index >= 15 is 0 Å². The summed E-state index contributed by atoms with van der Waals surface area (Å²) in [5, 5.41) is 1.34. The lowest BCUT2D eigenvalue weighted by atomic mass is 9.82. The number of nitrogens with one attached hydrogen (secondary N) is 1. The van der Waals surface area contributed by atoms with Gasteiger partial charge in [0.2, 0.25) is 5.91 Å². The number of amides is 1. The standard InChI is InChI=1S/C20H25N3O2/c1-22-10-6-17(19(22)24)23-11-8-20(9-12-23)18-15(7-13-25-20)14-4-2-3-5-16(14)21-18/h2-5,17,21H,6-13H2,1H3. The van der Waals surface area contributed by atoms with Gasteiger partial charge in [-0.05, 0) is 37.3 Å². The Morgan fingerprint density at radius 2 is 2.00 bits per heavy atom. The highest BCUT2D eigenvalue weighted by atomic mass is 16.5. The number of aromatic nitrogens is 1. The summed E-state index contributed by atoms with van der Waals surface area (Å²) in [6.07, 6.45) is 3.86. The number of likely N-dealkylation sites (N-methyl/N-ethyl adjacent to an activating group) is 1. The molecule has 1 N–H and O–H groups in total. The maximum Gasteiger partial charge on any atom is 0.239 e. The Morgan fingerprint density at radius 1 is 1.20 bits per heavy atom. The molecule has 2 fully saturated rings. The minimum Gasteiger partial charge on any atom is -0.368 e. The third-order valence-corrected chi connectivity index (χ3v) is 6.45. The maximum atomic E-state index is 12.3. The number of likely N-dealkylation sites (tertiary alicyclic amines) is 2. The summed E-state index contributed by atoms with van der Waals surface area (Å²) in [4.78, 5) is 20.2. The first kappa shape index (κ1) is 15.4. The molecule has 5 rings (SSSR count). The van der Waals surface area contributed by atoms with Gasteiger partial charge in [-0.15, -0.1) is 0 Å². The number of carbonyl (C=O) groups excluding carboxylic acids is 1. The molecular weight excluding hydrogens is 314 g/mol. The van der Waals surface area contributed by atoms with Crippen LogP contribution >= 0.6 is 0 Å². The Bertz CT molecular complexity index is 819. The van der Waals surface area contributed by atoms with E-state index in [0.717, 1.165) is 51.9 Å². The van der Waals surface area contributed by atoms with Crippen LogP contribution in [-0.2, 0) is 21.6 Å². The normalized spacial score (nSPS) is 26.5. The largest absolute Gasteiger partial charge is 0.368 e. The zero-order valence-corrected chi connectivity index (χ0v) is 14.8. The van der Waals surface area contributed by atoms with Crippen molar-refractivity contribution < 1.29 is 9.53 Å². The number of benzene rings is 1. The molecule has 1 spiro atoms. The average molecular weight is 339 g/mol. The van der Waals surface area contributed by atoms with Crippen molar-refractivity contribution in [1.82, 2.24) is 14.8 Å². The molecule has 132 valence electrons. The minimum absolute atomic E-state index is 0.0770. The fourth-order valence-corrected chi connectivity index (χ4v) is 5.00. The van der Waals surface area contributed by atoms with Gasteiger partial charge in [0.1, 0.15) is 5.60 Å². The van der Waals surface area contributed by atoms with Gasteiger partial charge < -0.3 is 14.6 Å². The number of nitrogens with zero attached hydrogens (tertiary/aromatic N) is 2. The molecule has 25 heavy (non-hydrogen) atoms. The molecule has 5 nitrogen and oxygen atoms in total. The molecule has 3 aliphatic heterocycles. The Kier molecular flexibility index (Phi) is 3.44. The van der Waals surface area contributed by atoms with Crippen molar-refractivity contribution in [1.29, 1.82) is 0 Å². The molecule has 1 aromatic heterocycles. The lowest BCUT2D eigenvalue weighted by Crippen LogP contribution is -2.51. The minimum atomic E-state index is -0.198. The molecule has 0 aliphatic carbocycles. The van der Waals surface area contributed by atoms with Crippen molar-refractivity contribution in [3.05, 3.63) is 35.5 Å². The van der Waals surface area contributed by atoms with Gasteiger partial charge in [-0.1, -0.05) is 18.2 Å². The second-order valence-electron chi connectivity index (χ2n) is 7.72. The van der Waals surface area contributed by atoms with E-state index < -0.39 is 0 Å². The van der Waals surface area contributed by atoms with Gasteiger partial charge in [0.25, 0.3) is 0 Å². The zero-order valence-electron chi connectivity index (χ0n) is 14.8. The summed E-state index contributed by atoms with van der Waals surface area (Å²) >= 11 is 0. The molecule has 1 unspecified atom stereocenters. The van der Waals surface area contributed by atoms with Gasteiger partial charge in [0.15, 0.2) is 0 Å². The fourth-order valence-electron chi connectivity index (χ4n) is 5.00. The highest BCUT2D eigenvalue weighted by Gasteiger charge is 2.45. The summed E-state index contributed by atoms with van der Waals surface area (Å²) in [6.45, 7) is 3.53. The van der Waals surface area contributed by atoms with Crippen LogP contribution in [0, 0.1) is 0 Å². The third kappa shape index (κ3) is 2.26. The molecule has 2 aromatic rings. The summed E-state index contributed by atoms with van der Waals surface area (Å²) in [7, 11) is 1.91.